The highest BCUT2D eigenvalue weighted by Crippen LogP contribution is 2.38. The van der Waals surface area contributed by atoms with Crippen molar-refractivity contribution < 1.29 is 23.9 Å². The summed E-state index contributed by atoms with van der Waals surface area (Å²) < 4.78 is 6.90. The molecule has 2 heterocycles. The van der Waals surface area contributed by atoms with Crippen LogP contribution >= 0.6 is 0 Å². The monoisotopic (exact) mass is 581 g/mol. The predicted molar refractivity (Wildman–Crippen MR) is 168 cm³/mol. The van der Waals surface area contributed by atoms with E-state index in [0.29, 0.717) is 22.5 Å². The highest BCUT2D eigenvalue weighted by Gasteiger charge is 2.37. The van der Waals surface area contributed by atoms with Crippen LogP contribution in [0.15, 0.2) is 121 Å². The highest BCUT2D eigenvalue weighted by atomic mass is 16.5. The topological polar surface area (TPSA) is 97.7 Å². The molecule has 6 rings (SSSR count). The van der Waals surface area contributed by atoms with Crippen LogP contribution in [-0.4, -0.2) is 35.5 Å². The Hall–Kier alpha value is -6.02. The molecule has 8 nitrogen and oxygen atoms in total. The van der Waals surface area contributed by atoms with Gasteiger partial charge in [0.25, 0.3) is 11.8 Å². The second kappa shape index (κ2) is 11.7. The first kappa shape index (κ1) is 28.1. The van der Waals surface area contributed by atoms with Gasteiger partial charge in [-0.2, -0.15) is 0 Å². The third kappa shape index (κ3) is 5.20. The van der Waals surface area contributed by atoms with Gasteiger partial charge in [-0.1, -0.05) is 78.4 Å². The summed E-state index contributed by atoms with van der Waals surface area (Å²) in [6.45, 7) is 1.90. The summed E-state index contributed by atoms with van der Waals surface area (Å²) in [5.74, 6) is -1.95. The van der Waals surface area contributed by atoms with E-state index < -0.39 is 23.8 Å². The summed E-state index contributed by atoms with van der Waals surface area (Å²) in [5, 5.41) is 2.32. The molecule has 0 unspecified atom stereocenters. The van der Waals surface area contributed by atoms with E-state index in [9.17, 15) is 19.2 Å². The zero-order valence-corrected chi connectivity index (χ0v) is 24.0. The molecule has 0 atom stereocenters. The fourth-order valence-corrected chi connectivity index (χ4v) is 5.23. The molecule has 1 N–H and O–H groups in total. The summed E-state index contributed by atoms with van der Waals surface area (Å²) in [4.78, 5) is 52.9. The van der Waals surface area contributed by atoms with E-state index in [1.807, 2.05) is 90.4 Å². The molecular weight excluding hydrogens is 554 g/mol. The molecule has 1 aliphatic rings. The van der Waals surface area contributed by atoms with Crippen molar-refractivity contribution in [3.8, 4) is 28.2 Å². The number of benzene rings is 4. The van der Waals surface area contributed by atoms with Crippen molar-refractivity contribution in [1.82, 2.24) is 9.88 Å². The second-order valence-corrected chi connectivity index (χ2v) is 10.2. The number of hydrogen-bond donors (Lipinski definition) is 1. The Balaban J connectivity index is 1.58. The number of carbonyl (C=O) groups is 4. The van der Waals surface area contributed by atoms with Gasteiger partial charge in [0.1, 0.15) is 5.57 Å². The minimum atomic E-state index is -0.808. The number of methoxy groups -OCH3 is 1. The van der Waals surface area contributed by atoms with Crippen molar-refractivity contribution in [3.05, 3.63) is 138 Å². The number of carbonyl (C=O) groups excluding carboxylic acids is 4. The summed E-state index contributed by atoms with van der Waals surface area (Å²) in [6, 6.07) is 34.3. The molecule has 8 heteroatoms. The number of rotatable bonds is 6. The lowest BCUT2D eigenvalue weighted by atomic mass is 10.0. The van der Waals surface area contributed by atoms with Crippen molar-refractivity contribution in [2.45, 2.75) is 6.92 Å². The zero-order valence-electron chi connectivity index (χ0n) is 24.0. The van der Waals surface area contributed by atoms with Gasteiger partial charge in [-0.25, -0.2) is 14.5 Å². The maximum atomic E-state index is 13.8. The van der Waals surface area contributed by atoms with Crippen LogP contribution < -0.4 is 10.2 Å². The summed E-state index contributed by atoms with van der Waals surface area (Å²) in [5.41, 5.74) is 6.09. The average Bonchev–Trinajstić information content (AvgIpc) is 3.43. The second-order valence-electron chi connectivity index (χ2n) is 10.2. The Morgan fingerprint density at radius 3 is 1.95 bits per heavy atom. The number of nitrogens with one attached hydrogen (secondary N) is 1. The number of ether oxygens (including phenoxy) is 1. The molecule has 0 radical (unpaired) electrons. The lowest BCUT2D eigenvalue weighted by molar-refractivity contribution is -0.122. The van der Waals surface area contributed by atoms with Crippen LogP contribution in [0.3, 0.4) is 0 Å². The number of hydrogen-bond acceptors (Lipinski definition) is 5. The van der Waals surface area contributed by atoms with Crippen molar-refractivity contribution in [2.24, 2.45) is 0 Å². The first-order valence-electron chi connectivity index (χ1n) is 13.9. The lowest BCUT2D eigenvalue weighted by Gasteiger charge is -2.26. The quantitative estimate of drug-likeness (QED) is 0.139. The minimum absolute atomic E-state index is 0.180. The number of anilines is 1. The normalized spacial score (nSPS) is 14.1. The number of aryl methyl sites for hydroxylation is 1. The van der Waals surface area contributed by atoms with Gasteiger partial charge >= 0.3 is 12.0 Å². The number of nitrogens with zero attached hydrogens (tertiary/aromatic N) is 2. The van der Waals surface area contributed by atoms with Gasteiger partial charge in [-0.15, -0.1) is 0 Å². The third-order valence-corrected chi connectivity index (χ3v) is 7.39. The number of aromatic nitrogens is 1. The average molecular weight is 582 g/mol. The molecule has 216 valence electrons. The van der Waals surface area contributed by atoms with Gasteiger partial charge in [0.05, 0.1) is 29.7 Å². The van der Waals surface area contributed by atoms with Crippen molar-refractivity contribution in [2.75, 3.05) is 12.0 Å². The molecule has 1 fully saturated rings. The standard InChI is InChI=1S/C36H27N3O5/c1-23-13-17-29(18-14-23)39-34(41)30(33(40)37-36(39)43)21-27-22-31(24-9-5-3-6-10-24)38(32(27)25-11-7-4-8-12-25)28-19-15-26(16-20-28)35(42)44-2/h3-22H,1-2H3,(H,37,40,43)/b30-21+. The van der Waals surface area contributed by atoms with Crippen LogP contribution in [-0.2, 0) is 14.3 Å². The lowest BCUT2D eigenvalue weighted by Crippen LogP contribution is -2.54. The van der Waals surface area contributed by atoms with Gasteiger partial charge in [-0.05, 0) is 66.6 Å². The van der Waals surface area contributed by atoms with E-state index in [2.05, 4.69) is 5.32 Å². The Morgan fingerprint density at radius 2 is 1.34 bits per heavy atom. The highest BCUT2D eigenvalue weighted by molar-refractivity contribution is 6.39. The predicted octanol–water partition coefficient (Wildman–Crippen LogP) is 6.57. The smallest absolute Gasteiger partial charge is 0.337 e. The van der Waals surface area contributed by atoms with Gasteiger partial charge in [-0.3, -0.25) is 14.9 Å². The van der Waals surface area contributed by atoms with Crippen LogP contribution in [0.4, 0.5) is 10.5 Å². The maximum absolute atomic E-state index is 13.8. The zero-order chi connectivity index (χ0) is 30.8. The molecule has 1 aromatic heterocycles. The van der Waals surface area contributed by atoms with E-state index in [1.165, 1.54) is 13.2 Å². The van der Waals surface area contributed by atoms with E-state index >= 15 is 0 Å². The van der Waals surface area contributed by atoms with Gasteiger partial charge in [0.2, 0.25) is 0 Å². The first-order valence-corrected chi connectivity index (χ1v) is 13.9. The molecule has 5 aromatic rings. The molecule has 0 spiro atoms. The fourth-order valence-electron chi connectivity index (χ4n) is 5.23. The Morgan fingerprint density at radius 1 is 0.750 bits per heavy atom. The van der Waals surface area contributed by atoms with Crippen LogP contribution in [0.25, 0.3) is 34.3 Å². The summed E-state index contributed by atoms with van der Waals surface area (Å²) in [7, 11) is 1.33. The van der Waals surface area contributed by atoms with Crippen molar-refractivity contribution in [3.63, 3.8) is 0 Å². The Kier molecular flexibility index (Phi) is 7.47. The van der Waals surface area contributed by atoms with E-state index in [0.717, 1.165) is 33.0 Å². The SMILES string of the molecule is COC(=O)c1ccc(-n2c(-c3ccccc3)cc(/C=C3\C(=O)NC(=O)N(c4ccc(C)cc4)C3=O)c2-c2ccccc2)cc1. The fraction of sp³-hybridized carbons (Fsp3) is 0.0556. The Bertz CT molecular complexity index is 1920. The molecule has 1 aliphatic heterocycles. The van der Waals surface area contributed by atoms with Crippen molar-refractivity contribution >= 4 is 35.6 Å². The first-order chi connectivity index (χ1) is 21.4. The molecule has 4 aromatic carbocycles. The Labute approximate surface area is 253 Å². The van der Waals surface area contributed by atoms with Crippen molar-refractivity contribution in [1.29, 1.82) is 0 Å². The van der Waals surface area contributed by atoms with Crippen LogP contribution in [0.1, 0.15) is 21.5 Å². The number of barbiturate groups is 1. The minimum Gasteiger partial charge on any atom is -0.465 e. The van der Waals surface area contributed by atoms with E-state index in [1.54, 1.807) is 36.4 Å². The third-order valence-electron chi connectivity index (χ3n) is 7.39. The van der Waals surface area contributed by atoms with Gasteiger partial charge in [0, 0.05) is 11.3 Å². The molecule has 4 amide bonds. The number of amides is 4. The molecule has 44 heavy (non-hydrogen) atoms. The molecular formula is C36H27N3O5. The van der Waals surface area contributed by atoms with Crippen LogP contribution in [0.2, 0.25) is 0 Å². The summed E-state index contributed by atoms with van der Waals surface area (Å²) >= 11 is 0. The van der Waals surface area contributed by atoms with E-state index in [-0.39, 0.29) is 5.57 Å². The van der Waals surface area contributed by atoms with Crippen LogP contribution in [0, 0.1) is 6.92 Å². The number of imide groups is 2. The van der Waals surface area contributed by atoms with E-state index in [4.69, 9.17) is 4.74 Å². The van der Waals surface area contributed by atoms with Gasteiger partial charge in [0.15, 0.2) is 0 Å². The molecule has 0 bridgehead atoms. The number of urea groups is 1. The largest absolute Gasteiger partial charge is 0.465 e. The number of esters is 1. The maximum Gasteiger partial charge on any atom is 0.337 e. The molecule has 0 saturated carbocycles. The van der Waals surface area contributed by atoms with Crippen LogP contribution in [0.5, 0.6) is 0 Å². The summed E-state index contributed by atoms with van der Waals surface area (Å²) in [6.07, 6.45) is 1.53. The molecule has 1 saturated heterocycles. The molecule has 0 aliphatic carbocycles. The van der Waals surface area contributed by atoms with Gasteiger partial charge < -0.3 is 9.30 Å².